The largest absolute Gasteiger partial charge is 0.438 e. The molecule has 0 aliphatic carbocycles. The van der Waals surface area contributed by atoms with Crippen LogP contribution in [0.3, 0.4) is 0 Å². The topological polar surface area (TPSA) is 34.6 Å². The van der Waals surface area contributed by atoms with Crippen LogP contribution in [-0.4, -0.2) is 4.40 Å². The van der Waals surface area contributed by atoms with Crippen LogP contribution in [0.15, 0.2) is 57.7 Å². The summed E-state index contributed by atoms with van der Waals surface area (Å²) < 4.78 is 7.85. The van der Waals surface area contributed by atoms with Gasteiger partial charge >= 0.3 is 0 Å². The third-order valence-electron chi connectivity index (χ3n) is 3.57. The van der Waals surface area contributed by atoms with Crippen LogP contribution in [0.1, 0.15) is 5.56 Å². The van der Waals surface area contributed by atoms with Gasteiger partial charge in [0.2, 0.25) is 5.71 Å². The number of rotatable bonds is 0. The number of fused-ring (bicyclic) bond motifs is 5. The Bertz CT molecular complexity index is 992. The van der Waals surface area contributed by atoms with E-state index in [0.29, 0.717) is 11.3 Å². The molecule has 4 aromatic rings. The van der Waals surface area contributed by atoms with E-state index >= 15 is 0 Å². The van der Waals surface area contributed by atoms with Crippen LogP contribution in [0.25, 0.3) is 27.7 Å². The normalized spacial score (nSPS) is 11.6. The summed E-state index contributed by atoms with van der Waals surface area (Å²) in [5.41, 5.74) is 3.98. The third-order valence-corrected chi connectivity index (χ3v) is 3.57. The van der Waals surface area contributed by atoms with Crippen LogP contribution in [-0.2, 0) is 0 Å². The van der Waals surface area contributed by atoms with Gasteiger partial charge in [-0.05, 0) is 31.2 Å². The Morgan fingerprint density at radius 2 is 1.63 bits per heavy atom. The predicted molar refractivity (Wildman–Crippen MR) is 75.7 cm³/mol. The molecule has 3 heteroatoms. The molecule has 0 amide bonds. The van der Waals surface area contributed by atoms with Crippen molar-refractivity contribution < 1.29 is 4.42 Å². The van der Waals surface area contributed by atoms with Crippen molar-refractivity contribution in [2.24, 2.45) is 0 Å². The first-order chi connectivity index (χ1) is 9.27. The summed E-state index contributed by atoms with van der Waals surface area (Å²) in [6.07, 6.45) is 0. The van der Waals surface area contributed by atoms with E-state index in [9.17, 15) is 4.79 Å². The van der Waals surface area contributed by atoms with E-state index in [-0.39, 0.29) is 5.43 Å². The molecule has 0 fully saturated rings. The molecular formula is C16H11NO2. The minimum absolute atomic E-state index is 0.0367. The maximum atomic E-state index is 12.3. The maximum absolute atomic E-state index is 12.3. The molecule has 2 aromatic heterocycles. The van der Waals surface area contributed by atoms with E-state index in [1.54, 1.807) is 0 Å². The predicted octanol–water partition coefficient (Wildman–Crippen LogP) is 3.51. The Kier molecular flexibility index (Phi) is 1.90. The molecular weight excluding hydrogens is 238 g/mol. The summed E-state index contributed by atoms with van der Waals surface area (Å²) >= 11 is 0. The minimum Gasteiger partial charge on any atom is -0.438 e. The van der Waals surface area contributed by atoms with Crippen molar-refractivity contribution in [1.82, 2.24) is 4.40 Å². The molecule has 0 atom stereocenters. The molecule has 0 spiro atoms. The third kappa shape index (κ3) is 1.24. The number of pyridine rings is 1. The zero-order chi connectivity index (χ0) is 13.0. The fourth-order valence-electron chi connectivity index (χ4n) is 2.63. The Labute approximate surface area is 108 Å². The zero-order valence-corrected chi connectivity index (χ0v) is 10.4. The summed E-state index contributed by atoms with van der Waals surface area (Å²) in [6, 6.07) is 15.5. The zero-order valence-electron chi connectivity index (χ0n) is 10.4. The molecule has 92 valence electrons. The molecule has 4 rings (SSSR count). The highest BCUT2D eigenvalue weighted by Crippen LogP contribution is 2.25. The number of hydrogen-bond donors (Lipinski definition) is 0. The molecule has 0 saturated heterocycles. The minimum atomic E-state index is 0.0367. The van der Waals surface area contributed by atoms with E-state index in [0.717, 1.165) is 22.0 Å². The molecule has 0 unspecified atom stereocenters. The standard InChI is InChI=1S/C16H11NO2/c1-10-15(18)11-6-2-3-7-12(11)17-13-8-4-5-9-14(13)19-16(10)17/h2-9H,1H3. The quantitative estimate of drug-likeness (QED) is 0.478. The summed E-state index contributed by atoms with van der Waals surface area (Å²) in [5, 5.41) is 0.726. The van der Waals surface area contributed by atoms with E-state index in [1.165, 1.54) is 0 Å². The first kappa shape index (κ1) is 10.4. The number of benzene rings is 2. The van der Waals surface area contributed by atoms with E-state index < -0.39 is 0 Å². The second-order valence-corrected chi connectivity index (χ2v) is 4.68. The van der Waals surface area contributed by atoms with Crippen molar-refractivity contribution in [1.29, 1.82) is 0 Å². The lowest BCUT2D eigenvalue weighted by Gasteiger charge is -2.03. The molecule has 0 saturated carbocycles. The van der Waals surface area contributed by atoms with Gasteiger partial charge in [-0.3, -0.25) is 9.20 Å². The Balaban J connectivity index is 2.47. The molecule has 0 N–H and O–H groups in total. The number of hydrogen-bond acceptors (Lipinski definition) is 2. The van der Waals surface area contributed by atoms with Gasteiger partial charge in [0.25, 0.3) is 0 Å². The van der Waals surface area contributed by atoms with Gasteiger partial charge in [-0.2, -0.15) is 0 Å². The van der Waals surface area contributed by atoms with Crippen molar-refractivity contribution in [2.75, 3.05) is 0 Å². The van der Waals surface area contributed by atoms with Crippen LogP contribution in [0, 0.1) is 6.92 Å². The van der Waals surface area contributed by atoms with Gasteiger partial charge in [0.1, 0.15) is 0 Å². The van der Waals surface area contributed by atoms with Crippen LogP contribution in [0.5, 0.6) is 0 Å². The Morgan fingerprint density at radius 1 is 0.947 bits per heavy atom. The van der Waals surface area contributed by atoms with E-state index in [2.05, 4.69) is 0 Å². The van der Waals surface area contributed by atoms with Gasteiger partial charge in [-0.25, -0.2) is 0 Å². The van der Waals surface area contributed by atoms with Gasteiger partial charge in [-0.15, -0.1) is 0 Å². The Morgan fingerprint density at radius 3 is 2.47 bits per heavy atom. The molecule has 2 heterocycles. The van der Waals surface area contributed by atoms with E-state index in [4.69, 9.17) is 4.42 Å². The lowest BCUT2D eigenvalue weighted by Crippen LogP contribution is -2.08. The molecule has 0 aliphatic rings. The number of nitrogens with zero attached hydrogens (tertiary/aromatic N) is 1. The molecule has 19 heavy (non-hydrogen) atoms. The lowest BCUT2D eigenvalue weighted by molar-refractivity contribution is 0.651. The molecule has 2 aromatic carbocycles. The average molecular weight is 249 g/mol. The second-order valence-electron chi connectivity index (χ2n) is 4.68. The first-order valence-electron chi connectivity index (χ1n) is 6.19. The lowest BCUT2D eigenvalue weighted by atomic mass is 10.1. The van der Waals surface area contributed by atoms with Gasteiger partial charge in [0.05, 0.1) is 16.6 Å². The highest BCUT2D eigenvalue weighted by atomic mass is 16.3. The number of aromatic nitrogens is 1. The van der Waals surface area contributed by atoms with Crippen molar-refractivity contribution in [3.05, 3.63) is 64.3 Å². The van der Waals surface area contributed by atoms with Crippen molar-refractivity contribution in [3.63, 3.8) is 0 Å². The van der Waals surface area contributed by atoms with Gasteiger partial charge in [-0.1, -0.05) is 24.3 Å². The van der Waals surface area contributed by atoms with Crippen molar-refractivity contribution in [3.8, 4) is 0 Å². The summed E-state index contributed by atoms with van der Waals surface area (Å²) in [6.45, 7) is 1.81. The molecule has 0 bridgehead atoms. The monoisotopic (exact) mass is 249 g/mol. The van der Waals surface area contributed by atoms with Crippen LogP contribution in [0.4, 0.5) is 0 Å². The van der Waals surface area contributed by atoms with Crippen molar-refractivity contribution >= 4 is 27.7 Å². The van der Waals surface area contributed by atoms with Crippen molar-refractivity contribution in [2.45, 2.75) is 6.92 Å². The first-order valence-corrected chi connectivity index (χ1v) is 6.19. The highest BCUT2D eigenvalue weighted by Gasteiger charge is 2.14. The number of aryl methyl sites for hydroxylation is 1. The molecule has 3 nitrogen and oxygen atoms in total. The second kappa shape index (κ2) is 3.48. The maximum Gasteiger partial charge on any atom is 0.212 e. The number of oxazole rings is 1. The molecule has 0 radical (unpaired) electrons. The van der Waals surface area contributed by atoms with Crippen LogP contribution >= 0.6 is 0 Å². The summed E-state index contributed by atoms with van der Waals surface area (Å²) in [4.78, 5) is 12.3. The number of para-hydroxylation sites is 3. The SMILES string of the molecule is Cc1c(=O)c2ccccc2n2c1oc1ccccc12. The Hall–Kier alpha value is -2.55. The van der Waals surface area contributed by atoms with E-state index in [1.807, 2.05) is 59.9 Å². The van der Waals surface area contributed by atoms with Gasteiger partial charge in [0, 0.05) is 5.39 Å². The summed E-state index contributed by atoms with van der Waals surface area (Å²) in [5.74, 6) is 0. The fraction of sp³-hybridized carbons (Fsp3) is 0.0625. The molecule has 0 aliphatic heterocycles. The summed E-state index contributed by atoms with van der Waals surface area (Å²) in [7, 11) is 0. The fourth-order valence-corrected chi connectivity index (χ4v) is 2.63. The van der Waals surface area contributed by atoms with Gasteiger partial charge in [0.15, 0.2) is 11.0 Å². The van der Waals surface area contributed by atoms with Crippen LogP contribution < -0.4 is 5.43 Å². The smallest absolute Gasteiger partial charge is 0.212 e. The highest BCUT2D eigenvalue weighted by molar-refractivity contribution is 5.89. The van der Waals surface area contributed by atoms with Crippen LogP contribution in [0.2, 0.25) is 0 Å². The average Bonchev–Trinajstić information content (AvgIpc) is 2.84. The van der Waals surface area contributed by atoms with Gasteiger partial charge < -0.3 is 4.42 Å².